The van der Waals surface area contributed by atoms with Crippen molar-refractivity contribution in [3.05, 3.63) is 64.8 Å². The number of allylic oxidation sites excluding steroid dienone is 1. The number of carbonyl (C=O) groups excluding carboxylic acids is 2. The van der Waals surface area contributed by atoms with Crippen LogP contribution in [0.1, 0.15) is 33.5 Å². The van der Waals surface area contributed by atoms with Crippen LogP contribution in [0.15, 0.2) is 48.1 Å². The molecule has 8 nitrogen and oxygen atoms in total. The summed E-state index contributed by atoms with van der Waals surface area (Å²) in [5.74, 6) is -0.525. The third-order valence-corrected chi connectivity index (χ3v) is 6.92. The van der Waals surface area contributed by atoms with Crippen LogP contribution in [0.3, 0.4) is 0 Å². The van der Waals surface area contributed by atoms with Crippen LogP contribution in [-0.2, 0) is 35.3 Å². The first kappa shape index (κ1) is 27.3. The summed E-state index contributed by atoms with van der Waals surface area (Å²) >= 11 is 2.41. The van der Waals surface area contributed by atoms with Crippen molar-refractivity contribution >= 4 is 40.0 Å². The summed E-state index contributed by atoms with van der Waals surface area (Å²) in [7, 11) is 1.27. The van der Waals surface area contributed by atoms with Gasteiger partial charge >= 0.3 is 12.1 Å². The van der Waals surface area contributed by atoms with Crippen molar-refractivity contribution in [2.45, 2.75) is 37.8 Å². The number of anilines is 1. The van der Waals surface area contributed by atoms with E-state index in [0.29, 0.717) is 34.5 Å². The van der Waals surface area contributed by atoms with Gasteiger partial charge in [-0.2, -0.15) is 13.2 Å². The number of hydrogen-bond acceptors (Lipinski definition) is 8. The standard InChI is InChI=1S/C23H23F3N4O4S2/c1-4-9-30-18(12-34-15-8-6-7-14(10-15)23(24,25)26)28-29-22(30)35-13-19(31)27-20-17(21(32)33-3)11-16(5-2)36-20/h4,6-8,10-11H,1,5,9,12-13H2,2-3H3,(H,27,31). The number of rotatable bonds is 11. The quantitative estimate of drug-likeness (QED) is 0.203. The Kier molecular flexibility index (Phi) is 9.15. The molecule has 0 bridgehead atoms. The van der Waals surface area contributed by atoms with E-state index in [4.69, 9.17) is 9.47 Å². The lowest BCUT2D eigenvalue weighted by atomic mass is 10.2. The van der Waals surface area contributed by atoms with Crippen LogP contribution >= 0.6 is 23.1 Å². The van der Waals surface area contributed by atoms with E-state index in [2.05, 4.69) is 22.1 Å². The zero-order chi connectivity index (χ0) is 26.3. The first-order chi connectivity index (χ1) is 17.2. The minimum atomic E-state index is -4.48. The Morgan fingerprint density at radius 1 is 1.28 bits per heavy atom. The largest absolute Gasteiger partial charge is 0.486 e. The highest BCUT2D eigenvalue weighted by atomic mass is 32.2. The predicted octanol–water partition coefficient (Wildman–Crippen LogP) is 5.20. The molecular weight excluding hydrogens is 517 g/mol. The number of nitrogens with one attached hydrogen (secondary N) is 1. The molecule has 1 aromatic carbocycles. The lowest BCUT2D eigenvalue weighted by Gasteiger charge is -2.11. The number of hydrogen-bond donors (Lipinski definition) is 1. The number of aromatic nitrogens is 3. The molecule has 3 aromatic rings. The van der Waals surface area contributed by atoms with Crippen molar-refractivity contribution in [3.63, 3.8) is 0 Å². The molecule has 1 N–H and O–H groups in total. The van der Waals surface area contributed by atoms with Gasteiger partial charge in [-0.3, -0.25) is 9.36 Å². The fourth-order valence-electron chi connectivity index (χ4n) is 3.02. The number of benzene rings is 1. The molecule has 0 atom stereocenters. The zero-order valence-electron chi connectivity index (χ0n) is 19.4. The molecule has 0 spiro atoms. The van der Waals surface area contributed by atoms with Gasteiger partial charge < -0.3 is 14.8 Å². The van der Waals surface area contributed by atoms with E-state index in [1.165, 1.54) is 30.6 Å². The Balaban J connectivity index is 1.66. The van der Waals surface area contributed by atoms with Crippen LogP contribution in [0.2, 0.25) is 0 Å². The average molecular weight is 541 g/mol. The van der Waals surface area contributed by atoms with Gasteiger partial charge in [-0.05, 0) is 30.7 Å². The van der Waals surface area contributed by atoms with Gasteiger partial charge in [-0.1, -0.05) is 30.8 Å². The summed E-state index contributed by atoms with van der Waals surface area (Å²) in [5, 5.41) is 11.7. The van der Waals surface area contributed by atoms with Gasteiger partial charge in [0.2, 0.25) is 5.91 Å². The topological polar surface area (TPSA) is 95.3 Å². The maximum absolute atomic E-state index is 12.9. The zero-order valence-corrected chi connectivity index (χ0v) is 21.1. The first-order valence-corrected chi connectivity index (χ1v) is 12.4. The first-order valence-electron chi connectivity index (χ1n) is 10.6. The number of carbonyl (C=O) groups is 2. The fraction of sp³-hybridized carbons (Fsp3) is 0.304. The summed E-state index contributed by atoms with van der Waals surface area (Å²) in [5.41, 5.74) is -0.525. The van der Waals surface area contributed by atoms with Gasteiger partial charge in [0.15, 0.2) is 11.0 Å². The van der Waals surface area contributed by atoms with Crippen LogP contribution in [0, 0.1) is 0 Å². The molecule has 1 amide bonds. The van der Waals surface area contributed by atoms with Crippen molar-refractivity contribution < 1.29 is 32.2 Å². The number of halogens is 3. The average Bonchev–Trinajstić information content (AvgIpc) is 3.44. The molecule has 13 heteroatoms. The third-order valence-electron chi connectivity index (χ3n) is 4.76. The van der Waals surface area contributed by atoms with Gasteiger partial charge in [-0.25, -0.2) is 4.79 Å². The molecule has 0 fully saturated rings. The smallest absolute Gasteiger partial charge is 0.416 e. The lowest BCUT2D eigenvalue weighted by Crippen LogP contribution is -2.16. The molecule has 3 rings (SSSR count). The number of esters is 1. The maximum atomic E-state index is 12.9. The number of aryl methyl sites for hydroxylation is 1. The minimum absolute atomic E-state index is 0.0241. The number of amides is 1. The van der Waals surface area contributed by atoms with Gasteiger partial charge in [0, 0.05) is 11.4 Å². The highest BCUT2D eigenvalue weighted by Gasteiger charge is 2.30. The Hall–Kier alpha value is -3.32. The van der Waals surface area contributed by atoms with Crippen molar-refractivity contribution in [1.29, 1.82) is 0 Å². The molecule has 36 heavy (non-hydrogen) atoms. The Bertz CT molecular complexity index is 1240. The van der Waals surface area contributed by atoms with Crippen LogP contribution in [0.4, 0.5) is 18.2 Å². The second-order valence-electron chi connectivity index (χ2n) is 7.25. The number of ether oxygens (including phenoxy) is 2. The second kappa shape index (κ2) is 12.1. The fourth-order valence-corrected chi connectivity index (χ4v) is 4.79. The number of thioether (sulfide) groups is 1. The van der Waals surface area contributed by atoms with E-state index in [1.54, 1.807) is 16.7 Å². The maximum Gasteiger partial charge on any atom is 0.416 e. The normalized spacial score (nSPS) is 11.2. The molecule has 2 aromatic heterocycles. The molecule has 0 aliphatic carbocycles. The second-order valence-corrected chi connectivity index (χ2v) is 9.33. The molecule has 0 radical (unpaired) electrons. The lowest BCUT2D eigenvalue weighted by molar-refractivity contribution is -0.137. The number of nitrogens with zero attached hydrogens (tertiary/aromatic N) is 3. The summed E-state index contributed by atoms with van der Waals surface area (Å²) in [4.78, 5) is 25.5. The van der Waals surface area contributed by atoms with Crippen molar-refractivity contribution in [3.8, 4) is 5.75 Å². The van der Waals surface area contributed by atoms with Gasteiger partial charge in [0.1, 0.15) is 17.4 Å². The summed E-state index contributed by atoms with van der Waals surface area (Å²) in [6.45, 7) is 5.81. The van der Waals surface area contributed by atoms with E-state index in [0.717, 1.165) is 28.8 Å². The van der Waals surface area contributed by atoms with Gasteiger partial charge in [0.25, 0.3) is 0 Å². The monoisotopic (exact) mass is 540 g/mol. The molecule has 0 aliphatic heterocycles. The Morgan fingerprint density at radius 3 is 2.72 bits per heavy atom. The molecule has 192 valence electrons. The molecule has 0 saturated heterocycles. The van der Waals surface area contributed by atoms with E-state index in [9.17, 15) is 22.8 Å². The van der Waals surface area contributed by atoms with E-state index >= 15 is 0 Å². The highest BCUT2D eigenvalue weighted by Crippen LogP contribution is 2.32. The number of alkyl halides is 3. The Labute approximate surface area is 213 Å². The molecule has 0 unspecified atom stereocenters. The van der Waals surface area contributed by atoms with E-state index in [-0.39, 0.29) is 24.0 Å². The highest BCUT2D eigenvalue weighted by molar-refractivity contribution is 7.99. The van der Waals surface area contributed by atoms with Crippen LogP contribution in [0.25, 0.3) is 0 Å². The van der Waals surface area contributed by atoms with Crippen LogP contribution in [-0.4, -0.2) is 39.5 Å². The van der Waals surface area contributed by atoms with Crippen LogP contribution in [0.5, 0.6) is 5.75 Å². The van der Waals surface area contributed by atoms with Gasteiger partial charge in [-0.15, -0.1) is 28.1 Å². The predicted molar refractivity (Wildman–Crippen MR) is 130 cm³/mol. The summed E-state index contributed by atoms with van der Waals surface area (Å²) in [6.07, 6.45) is -2.18. The van der Waals surface area contributed by atoms with Crippen molar-refractivity contribution in [1.82, 2.24) is 14.8 Å². The third kappa shape index (κ3) is 6.88. The molecule has 0 aliphatic rings. The van der Waals surface area contributed by atoms with Crippen molar-refractivity contribution in [2.24, 2.45) is 0 Å². The number of thiophene rings is 1. The van der Waals surface area contributed by atoms with E-state index in [1.807, 2.05) is 6.92 Å². The summed E-state index contributed by atoms with van der Waals surface area (Å²) in [6, 6.07) is 6.23. The SMILES string of the molecule is C=CCn1c(COc2cccc(C(F)(F)F)c2)nnc1SCC(=O)Nc1sc(CC)cc1C(=O)OC. The van der Waals surface area contributed by atoms with Gasteiger partial charge in [0.05, 0.1) is 24.0 Å². The minimum Gasteiger partial charge on any atom is -0.486 e. The molecule has 2 heterocycles. The Morgan fingerprint density at radius 2 is 2.06 bits per heavy atom. The molecular formula is C23H23F3N4O4S2. The van der Waals surface area contributed by atoms with Crippen molar-refractivity contribution in [2.75, 3.05) is 18.2 Å². The molecule has 0 saturated carbocycles. The van der Waals surface area contributed by atoms with E-state index < -0.39 is 17.7 Å². The van der Waals surface area contributed by atoms with Crippen LogP contribution < -0.4 is 10.1 Å². The summed E-state index contributed by atoms with van der Waals surface area (Å²) < 4.78 is 50.7. The number of methoxy groups -OCH3 is 1.